The molecule has 0 saturated heterocycles. The van der Waals surface area contributed by atoms with Crippen LogP contribution < -0.4 is 20.7 Å². The van der Waals surface area contributed by atoms with Crippen LogP contribution >= 0.6 is 0 Å². The summed E-state index contributed by atoms with van der Waals surface area (Å²) in [7, 11) is 0. The summed E-state index contributed by atoms with van der Waals surface area (Å²) >= 11 is 0. The van der Waals surface area contributed by atoms with E-state index in [0.717, 1.165) is 48.5 Å². The fourth-order valence-electron chi connectivity index (χ4n) is 5.72. The lowest BCUT2D eigenvalue weighted by Gasteiger charge is -2.56. The van der Waals surface area contributed by atoms with Gasteiger partial charge in [-0.15, -0.1) is 0 Å². The Balaban J connectivity index is 1.24. The van der Waals surface area contributed by atoms with E-state index in [-0.39, 0.29) is 24.0 Å². The van der Waals surface area contributed by atoms with Crippen LogP contribution in [0.2, 0.25) is 0 Å². The molecule has 1 aromatic carbocycles. The van der Waals surface area contributed by atoms with E-state index in [0.29, 0.717) is 6.61 Å². The van der Waals surface area contributed by atoms with Gasteiger partial charge in [0.25, 0.3) is 0 Å². The molecule has 1 aromatic rings. The van der Waals surface area contributed by atoms with E-state index in [9.17, 15) is 9.59 Å². The predicted octanol–water partition coefficient (Wildman–Crippen LogP) is 3.29. The van der Waals surface area contributed by atoms with Crippen LogP contribution in [0.25, 0.3) is 0 Å². The molecule has 3 amide bonds. The monoisotopic (exact) mass is 371 g/mol. The summed E-state index contributed by atoms with van der Waals surface area (Å²) in [4.78, 5) is 24.5. The van der Waals surface area contributed by atoms with E-state index in [2.05, 4.69) is 16.0 Å². The van der Waals surface area contributed by atoms with Crippen LogP contribution in [0.5, 0.6) is 5.75 Å². The molecule has 0 radical (unpaired) electrons. The largest absolute Gasteiger partial charge is 0.494 e. The Morgan fingerprint density at radius 3 is 2.19 bits per heavy atom. The van der Waals surface area contributed by atoms with Crippen LogP contribution in [0.1, 0.15) is 45.4 Å². The van der Waals surface area contributed by atoms with Crippen molar-refractivity contribution >= 4 is 17.6 Å². The van der Waals surface area contributed by atoms with Crippen molar-refractivity contribution < 1.29 is 14.3 Å². The molecule has 6 heteroatoms. The first kappa shape index (κ1) is 18.1. The first-order valence-electron chi connectivity index (χ1n) is 10.1. The van der Waals surface area contributed by atoms with E-state index in [1.807, 2.05) is 31.2 Å². The number of hydrogen-bond donors (Lipinski definition) is 3. The van der Waals surface area contributed by atoms with Gasteiger partial charge >= 0.3 is 6.03 Å². The predicted molar refractivity (Wildman–Crippen MR) is 104 cm³/mol. The van der Waals surface area contributed by atoms with E-state index >= 15 is 0 Å². The molecule has 5 rings (SSSR count). The number of imide groups is 1. The summed E-state index contributed by atoms with van der Waals surface area (Å²) in [5, 5.41) is 8.67. The average Bonchev–Trinajstić information content (AvgIpc) is 2.59. The summed E-state index contributed by atoms with van der Waals surface area (Å²) in [5.74, 6) is 2.74. The number of amides is 3. The summed E-state index contributed by atoms with van der Waals surface area (Å²) in [5.41, 5.74) is 0.733. The maximum atomic E-state index is 12.4. The number of anilines is 1. The second-order valence-corrected chi connectivity index (χ2v) is 8.51. The third kappa shape index (κ3) is 4.20. The van der Waals surface area contributed by atoms with Gasteiger partial charge in [-0.3, -0.25) is 10.1 Å². The molecular formula is C21H29N3O3. The molecule has 0 aromatic heterocycles. The van der Waals surface area contributed by atoms with Gasteiger partial charge in [0.15, 0.2) is 0 Å². The van der Waals surface area contributed by atoms with Crippen LogP contribution in [0, 0.1) is 17.8 Å². The molecule has 3 N–H and O–H groups in total. The van der Waals surface area contributed by atoms with Crippen molar-refractivity contribution in [2.75, 3.05) is 18.5 Å². The number of benzene rings is 1. The molecule has 6 nitrogen and oxygen atoms in total. The summed E-state index contributed by atoms with van der Waals surface area (Å²) in [6.07, 6.45) is 7.20. The Labute approximate surface area is 160 Å². The first-order valence-corrected chi connectivity index (χ1v) is 10.1. The minimum absolute atomic E-state index is 0.0578. The maximum Gasteiger partial charge on any atom is 0.321 e. The molecule has 0 unspecified atom stereocenters. The zero-order valence-corrected chi connectivity index (χ0v) is 15.9. The molecule has 0 atom stereocenters. The highest BCUT2D eigenvalue weighted by atomic mass is 16.5. The van der Waals surface area contributed by atoms with Crippen LogP contribution in [-0.2, 0) is 4.79 Å². The molecule has 4 bridgehead atoms. The molecule has 4 saturated carbocycles. The van der Waals surface area contributed by atoms with Gasteiger partial charge in [-0.25, -0.2) is 4.79 Å². The van der Waals surface area contributed by atoms with Crippen LogP contribution in [-0.4, -0.2) is 30.6 Å². The number of carbonyl (C=O) groups is 2. The van der Waals surface area contributed by atoms with Crippen molar-refractivity contribution in [3.8, 4) is 5.75 Å². The van der Waals surface area contributed by atoms with Crippen LogP contribution in [0.4, 0.5) is 10.5 Å². The minimum Gasteiger partial charge on any atom is -0.494 e. The second kappa shape index (κ2) is 7.41. The normalized spacial score (nSPS) is 30.6. The van der Waals surface area contributed by atoms with Gasteiger partial charge in [0.1, 0.15) is 5.75 Å². The number of urea groups is 1. The van der Waals surface area contributed by atoms with Crippen molar-refractivity contribution in [2.24, 2.45) is 17.8 Å². The lowest BCUT2D eigenvalue weighted by Crippen LogP contribution is -2.62. The number of carbonyl (C=O) groups excluding carboxylic acids is 2. The summed E-state index contributed by atoms with van der Waals surface area (Å²) in [6.45, 7) is 2.61. The van der Waals surface area contributed by atoms with Gasteiger partial charge in [-0.1, -0.05) is 0 Å². The topological polar surface area (TPSA) is 79.5 Å². The van der Waals surface area contributed by atoms with Crippen LogP contribution in [0.3, 0.4) is 0 Å². The Kier molecular flexibility index (Phi) is 4.98. The summed E-state index contributed by atoms with van der Waals surface area (Å²) < 4.78 is 5.39. The summed E-state index contributed by atoms with van der Waals surface area (Å²) in [6, 6.07) is 7.06. The third-order valence-electron chi connectivity index (χ3n) is 6.29. The van der Waals surface area contributed by atoms with Gasteiger partial charge in [-0.05, 0) is 87.5 Å². The van der Waals surface area contributed by atoms with Gasteiger partial charge in [0, 0.05) is 11.2 Å². The Bertz CT molecular complexity index is 666. The molecule has 0 aliphatic heterocycles. The number of ether oxygens (including phenoxy) is 1. The number of rotatable bonds is 6. The van der Waals surface area contributed by atoms with Gasteiger partial charge in [0.2, 0.25) is 5.91 Å². The van der Waals surface area contributed by atoms with Crippen molar-refractivity contribution in [1.82, 2.24) is 10.6 Å². The quantitative estimate of drug-likeness (QED) is 0.717. The highest BCUT2D eigenvalue weighted by Crippen LogP contribution is 2.55. The average molecular weight is 371 g/mol. The highest BCUT2D eigenvalue weighted by Gasteiger charge is 2.51. The Morgan fingerprint density at radius 1 is 1.04 bits per heavy atom. The number of nitrogens with one attached hydrogen (secondary N) is 3. The number of hydrogen-bond acceptors (Lipinski definition) is 4. The third-order valence-corrected chi connectivity index (χ3v) is 6.29. The van der Waals surface area contributed by atoms with Gasteiger partial charge in [0.05, 0.1) is 13.2 Å². The van der Waals surface area contributed by atoms with E-state index < -0.39 is 0 Å². The second-order valence-electron chi connectivity index (χ2n) is 8.51. The van der Waals surface area contributed by atoms with E-state index in [4.69, 9.17) is 4.74 Å². The molecule has 27 heavy (non-hydrogen) atoms. The highest BCUT2D eigenvalue weighted by molar-refractivity contribution is 5.96. The standard InChI is InChI=1S/C21H29N3O3/c1-2-27-18-5-3-17(4-6-18)22-13-19(25)23-20(26)24-21-10-14-7-15(11-21)9-16(8-14)12-21/h3-6,14-16,22H,2,7-13H2,1H3,(H2,23,24,25,26). The lowest BCUT2D eigenvalue weighted by atomic mass is 9.53. The SMILES string of the molecule is CCOc1ccc(NCC(=O)NC(=O)NC23CC4CC(CC(C4)C2)C3)cc1. The van der Waals surface area contributed by atoms with Gasteiger partial charge < -0.3 is 15.4 Å². The van der Waals surface area contributed by atoms with Crippen LogP contribution in [0.15, 0.2) is 24.3 Å². The molecule has 4 aliphatic rings. The molecule has 4 aliphatic carbocycles. The van der Waals surface area contributed by atoms with E-state index in [1.165, 1.54) is 19.3 Å². The molecule has 146 valence electrons. The fourth-order valence-corrected chi connectivity index (χ4v) is 5.72. The zero-order valence-electron chi connectivity index (χ0n) is 15.9. The maximum absolute atomic E-state index is 12.4. The molecule has 0 spiro atoms. The Hall–Kier alpha value is -2.24. The first-order chi connectivity index (χ1) is 13.0. The molecule has 0 heterocycles. The molecular weight excluding hydrogens is 342 g/mol. The van der Waals surface area contributed by atoms with Crippen molar-refractivity contribution in [3.05, 3.63) is 24.3 Å². The van der Waals surface area contributed by atoms with E-state index in [1.54, 1.807) is 0 Å². The van der Waals surface area contributed by atoms with Crippen molar-refractivity contribution in [1.29, 1.82) is 0 Å². The zero-order chi connectivity index (χ0) is 18.9. The Morgan fingerprint density at radius 2 is 1.63 bits per heavy atom. The van der Waals surface area contributed by atoms with Gasteiger partial charge in [-0.2, -0.15) is 0 Å². The fraction of sp³-hybridized carbons (Fsp3) is 0.619. The van der Waals surface area contributed by atoms with Crippen molar-refractivity contribution in [3.63, 3.8) is 0 Å². The lowest BCUT2D eigenvalue weighted by molar-refractivity contribution is -0.118. The smallest absolute Gasteiger partial charge is 0.321 e. The van der Waals surface area contributed by atoms with Crippen molar-refractivity contribution in [2.45, 2.75) is 51.0 Å². The minimum atomic E-state index is -0.351. The molecule has 4 fully saturated rings.